The molecule has 0 aromatic carbocycles. The number of rotatable bonds is 4. The molecule has 0 atom stereocenters. The van der Waals surface area contributed by atoms with Crippen LogP contribution in [0, 0.1) is 5.41 Å². The fraction of sp³-hybridized carbons (Fsp3) is 0.688. The Hall–Kier alpha value is -0.760. The van der Waals surface area contributed by atoms with E-state index in [1.54, 1.807) is 0 Å². The number of anilines is 1. The summed E-state index contributed by atoms with van der Waals surface area (Å²) in [6.45, 7) is 7.56. The molecule has 1 aromatic rings. The summed E-state index contributed by atoms with van der Waals surface area (Å²) in [5.74, 6) is 1.71. The number of aromatic nitrogens is 1. The first-order valence-electron chi connectivity index (χ1n) is 7.22. The van der Waals surface area contributed by atoms with Crippen LogP contribution in [0.1, 0.15) is 52.0 Å². The topological polar surface area (TPSA) is 24.9 Å². The molecule has 0 unspecified atom stereocenters. The van der Waals surface area contributed by atoms with E-state index in [0.717, 1.165) is 18.2 Å². The highest BCUT2D eigenvalue weighted by molar-refractivity contribution is 6.18. The highest BCUT2D eigenvalue weighted by Crippen LogP contribution is 2.39. The minimum absolute atomic E-state index is 0.161. The van der Waals surface area contributed by atoms with Crippen LogP contribution in [-0.4, -0.2) is 17.4 Å². The van der Waals surface area contributed by atoms with Gasteiger partial charge in [-0.2, -0.15) is 0 Å². The third-order valence-corrected chi connectivity index (χ3v) is 4.79. The molecule has 0 spiro atoms. The fourth-order valence-corrected chi connectivity index (χ4v) is 3.06. The Bertz CT molecular complexity index is 400. The van der Waals surface area contributed by atoms with Crippen LogP contribution < -0.4 is 5.32 Å². The first-order chi connectivity index (χ1) is 8.95. The van der Waals surface area contributed by atoms with E-state index in [9.17, 15) is 0 Å². The number of halogens is 1. The monoisotopic (exact) mass is 280 g/mol. The normalized spacial score (nSPS) is 18.5. The van der Waals surface area contributed by atoms with Crippen molar-refractivity contribution in [3.63, 3.8) is 0 Å². The van der Waals surface area contributed by atoms with Gasteiger partial charge in [0.15, 0.2) is 0 Å². The zero-order valence-corrected chi connectivity index (χ0v) is 13.1. The molecule has 1 saturated carbocycles. The molecule has 3 heteroatoms. The number of nitrogens with one attached hydrogen (secondary N) is 1. The van der Waals surface area contributed by atoms with E-state index in [-0.39, 0.29) is 10.8 Å². The standard InChI is InChI=1S/C16H25ClN2/c1-15(2,3)13-6-7-14(18-10-13)19-12-16(11-17)8-4-5-9-16/h6-7,10H,4-5,8-9,11-12H2,1-3H3,(H,18,19). The summed E-state index contributed by atoms with van der Waals surface area (Å²) in [6.07, 6.45) is 7.08. The molecular formula is C16H25ClN2. The van der Waals surface area contributed by atoms with Gasteiger partial charge in [-0.15, -0.1) is 11.6 Å². The molecule has 19 heavy (non-hydrogen) atoms. The van der Waals surface area contributed by atoms with Gasteiger partial charge in [-0.05, 0) is 29.9 Å². The number of hydrogen-bond donors (Lipinski definition) is 1. The van der Waals surface area contributed by atoms with E-state index in [2.05, 4.69) is 43.2 Å². The van der Waals surface area contributed by atoms with Crippen molar-refractivity contribution in [2.75, 3.05) is 17.7 Å². The summed E-state index contributed by atoms with van der Waals surface area (Å²) in [5.41, 5.74) is 1.71. The molecule has 0 radical (unpaired) electrons. The predicted molar refractivity (Wildman–Crippen MR) is 83.0 cm³/mol. The molecule has 0 amide bonds. The molecule has 106 valence electrons. The van der Waals surface area contributed by atoms with E-state index in [0.29, 0.717) is 0 Å². The molecule has 1 aliphatic carbocycles. The van der Waals surface area contributed by atoms with E-state index in [4.69, 9.17) is 11.6 Å². The largest absolute Gasteiger partial charge is 0.369 e. The van der Waals surface area contributed by atoms with Gasteiger partial charge in [0, 0.05) is 24.0 Å². The summed E-state index contributed by atoms with van der Waals surface area (Å²) < 4.78 is 0. The van der Waals surface area contributed by atoms with Crippen molar-refractivity contribution in [1.29, 1.82) is 0 Å². The van der Waals surface area contributed by atoms with Crippen molar-refractivity contribution >= 4 is 17.4 Å². The van der Waals surface area contributed by atoms with Crippen molar-refractivity contribution < 1.29 is 0 Å². The summed E-state index contributed by atoms with van der Waals surface area (Å²) in [4.78, 5) is 4.52. The van der Waals surface area contributed by atoms with Gasteiger partial charge in [-0.3, -0.25) is 0 Å². The highest BCUT2D eigenvalue weighted by Gasteiger charge is 2.32. The Labute approximate surface area is 122 Å². The lowest BCUT2D eigenvalue weighted by atomic mass is 9.88. The van der Waals surface area contributed by atoms with Gasteiger partial charge in [-0.1, -0.05) is 39.7 Å². The molecule has 1 aliphatic rings. The molecule has 2 rings (SSSR count). The molecule has 1 aromatic heterocycles. The van der Waals surface area contributed by atoms with Crippen molar-refractivity contribution in [3.8, 4) is 0 Å². The van der Waals surface area contributed by atoms with Gasteiger partial charge in [0.2, 0.25) is 0 Å². The first kappa shape index (κ1) is 14.6. The number of alkyl halides is 1. The molecular weight excluding hydrogens is 256 g/mol. The first-order valence-corrected chi connectivity index (χ1v) is 7.75. The van der Waals surface area contributed by atoms with Crippen molar-refractivity contribution in [2.45, 2.75) is 51.9 Å². The van der Waals surface area contributed by atoms with Crippen molar-refractivity contribution in [1.82, 2.24) is 4.98 Å². The molecule has 1 heterocycles. The Kier molecular flexibility index (Phi) is 4.39. The third-order valence-electron chi connectivity index (χ3n) is 4.22. The van der Waals surface area contributed by atoms with Crippen LogP contribution in [-0.2, 0) is 5.41 Å². The van der Waals surface area contributed by atoms with Crippen LogP contribution in [0.25, 0.3) is 0 Å². The maximum absolute atomic E-state index is 6.16. The Morgan fingerprint density at radius 1 is 1.26 bits per heavy atom. The van der Waals surface area contributed by atoms with Gasteiger partial charge in [-0.25, -0.2) is 4.98 Å². The highest BCUT2D eigenvalue weighted by atomic mass is 35.5. The second-order valence-electron chi connectivity index (χ2n) is 6.88. The number of nitrogens with zero attached hydrogens (tertiary/aromatic N) is 1. The van der Waals surface area contributed by atoms with E-state index in [1.165, 1.54) is 31.2 Å². The van der Waals surface area contributed by atoms with Crippen LogP contribution in [0.2, 0.25) is 0 Å². The van der Waals surface area contributed by atoms with E-state index < -0.39 is 0 Å². The molecule has 1 fully saturated rings. The zero-order valence-electron chi connectivity index (χ0n) is 12.3. The fourth-order valence-electron chi connectivity index (χ4n) is 2.70. The van der Waals surface area contributed by atoms with Crippen LogP contribution in [0.15, 0.2) is 18.3 Å². The maximum Gasteiger partial charge on any atom is 0.125 e. The quantitative estimate of drug-likeness (QED) is 0.816. The predicted octanol–water partition coefficient (Wildman–Crippen LogP) is 4.59. The lowest BCUT2D eigenvalue weighted by Gasteiger charge is -2.27. The molecule has 2 nitrogen and oxygen atoms in total. The lowest BCUT2D eigenvalue weighted by molar-refractivity contribution is 0.368. The number of hydrogen-bond acceptors (Lipinski definition) is 2. The van der Waals surface area contributed by atoms with Gasteiger partial charge in [0.25, 0.3) is 0 Å². The van der Waals surface area contributed by atoms with Crippen molar-refractivity contribution in [2.24, 2.45) is 5.41 Å². The lowest BCUT2D eigenvalue weighted by Crippen LogP contribution is -2.28. The Morgan fingerprint density at radius 2 is 1.95 bits per heavy atom. The van der Waals surface area contributed by atoms with Crippen molar-refractivity contribution in [3.05, 3.63) is 23.9 Å². The van der Waals surface area contributed by atoms with Gasteiger partial charge in [0.1, 0.15) is 5.82 Å². The van der Waals surface area contributed by atoms with Gasteiger partial charge in [0.05, 0.1) is 0 Å². The average molecular weight is 281 g/mol. The van der Waals surface area contributed by atoms with Crippen LogP contribution in [0.4, 0.5) is 5.82 Å². The second-order valence-corrected chi connectivity index (χ2v) is 7.14. The van der Waals surface area contributed by atoms with Crippen LogP contribution in [0.3, 0.4) is 0 Å². The Morgan fingerprint density at radius 3 is 2.42 bits per heavy atom. The maximum atomic E-state index is 6.16. The smallest absolute Gasteiger partial charge is 0.125 e. The molecule has 0 aliphatic heterocycles. The minimum Gasteiger partial charge on any atom is -0.369 e. The molecule has 0 saturated heterocycles. The Balaban J connectivity index is 1.96. The summed E-state index contributed by atoms with van der Waals surface area (Å²) in [7, 11) is 0. The SMILES string of the molecule is CC(C)(C)c1ccc(NCC2(CCl)CCCC2)nc1. The van der Waals surface area contributed by atoms with Crippen LogP contribution >= 0.6 is 11.6 Å². The number of pyridine rings is 1. The van der Waals surface area contributed by atoms with E-state index >= 15 is 0 Å². The summed E-state index contributed by atoms with van der Waals surface area (Å²) in [5, 5.41) is 3.46. The minimum atomic E-state index is 0.161. The molecule has 0 bridgehead atoms. The summed E-state index contributed by atoms with van der Waals surface area (Å²) in [6, 6.07) is 4.24. The van der Waals surface area contributed by atoms with Gasteiger partial charge < -0.3 is 5.32 Å². The van der Waals surface area contributed by atoms with Gasteiger partial charge >= 0.3 is 0 Å². The summed E-state index contributed by atoms with van der Waals surface area (Å²) >= 11 is 6.16. The van der Waals surface area contributed by atoms with Crippen LogP contribution in [0.5, 0.6) is 0 Å². The average Bonchev–Trinajstić information content (AvgIpc) is 2.85. The van der Waals surface area contributed by atoms with E-state index in [1.807, 2.05) is 6.20 Å². The third kappa shape index (κ3) is 3.62. The second kappa shape index (κ2) is 5.70. The molecule has 1 N–H and O–H groups in total. The zero-order chi connectivity index (χ0) is 13.9.